The van der Waals surface area contributed by atoms with Crippen LogP contribution in [0, 0.1) is 5.92 Å². The van der Waals surface area contributed by atoms with Gasteiger partial charge in [0.25, 0.3) is 0 Å². The molecule has 20 heavy (non-hydrogen) atoms. The highest BCUT2D eigenvalue weighted by Crippen LogP contribution is 2.22. The molecule has 0 spiro atoms. The molecule has 3 heteroatoms. The largest absolute Gasteiger partial charge is 0.319 e. The SMILES string of the molecule is CNCC(Cc1cccc(Br)c1)Cc1ccccc1Cl. The van der Waals surface area contributed by atoms with Crippen LogP contribution in [0.25, 0.3) is 0 Å². The van der Waals surface area contributed by atoms with Crippen molar-refractivity contribution in [3.05, 3.63) is 69.2 Å². The van der Waals surface area contributed by atoms with Gasteiger partial charge in [-0.2, -0.15) is 0 Å². The maximum atomic E-state index is 6.27. The van der Waals surface area contributed by atoms with Gasteiger partial charge in [-0.05, 0) is 61.7 Å². The summed E-state index contributed by atoms with van der Waals surface area (Å²) in [6.07, 6.45) is 2.04. The normalized spacial score (nSPS) is 12.3. The summed E-state index contributed by atoms with van der Waals surface area (Å²) >= 11 is 9.80. The summed E-state index contributed by atoms with van der Waals surface area (Å²) in [5.41, 5.74) is 2.58. The van der Waals surface area contributed by atoms with Gasteiger partial charge in [0.1, 0.15) is 0 Å². The summed E-state index contributed by atoms with van der Waals surface area (Å²) in [7, 11) is 2.00. The number of hydrogen-bond acceptors (Lipinski definition) is 1. The summed E-state index contributed by atoms with van der Waals surface area (Å²) in [6.45, 7) is 0.984. The lowest BCUT2D eigenvalue weighted by Crippen LogP contribution is -2.23. The average molecular weight is 353 g/mol. The van der Waals surface area contributed by atoms with Crippen LogP contribution in [0.15, 0.2) is 53.0 Å². The summed E-state index contributed by atoms with van der Waals surface area (Å²) in [5, 5.41) is 4.15. The van der Waals surface area contributed by atoms with E-state index in [1.807, 2.05) is 19.2 Å². The molecule has 0 fully saturated rings. The van der Waals surface area contributed by atoms with Gasteiger partial charge < -0.3 is 5.32 Å². The van der Waals surface area contributed by atoms with E-state index >= 15 is 0 Å². The molecule has 2 rings (SSSR count). The maximum Gasteiger partial charge on any atom is 0.0438 e. The zero-order chi connectivity index (χ0) is 14.4. The van der Waals surface area contributed by atoms with Gasteiger partial charge >= 0.3 is 0 Å². The summed E-state index contributed by atoms with van der Waals surface area (Å²) < 4.78 is 1.14. The molecular formula is C17H19BrClN. The van der Waals surface area contributed by atoms with Gasteiger partial charge in [0.15, 0.2) is 0 Å². The topological polar surface area (TPSA) is 12.0 Å². The van der Waals surface area contributed by atoms with Crippen LogP contribution in [0.5, 0.6) is 0 Å². The lowest BCUT2D eigenvalue weighted by molar-refractivity contribution is 0.493. The Hall–Kier alpha value is -0.830. The van der Waals surface area contributed by atoms with E-state index in [1.54, 1.807) is 0 Å². The highest BCUT2D eigenvalue weighted by molar-refractivity contribution is 9.10. The fraction of sp³-hybridized carbons (Fsp3) is 0.294. The molecule has 0 saturated carbocycles. The standard InChI is InChI=1S/C17H19BrClN/c1-20-12-14(9-13-5-4-7-16(18)11-13)10-15-6-2-3-8-17(15)19/h2-8,11,14,20H,9-10,12H2,1H3. The Kier molecular flexibility index (Phi) is 6.08. The highest BCUT2D eigenvalue weighted by Gasteiger charge is 2.12. The smallest absolute Gasteiger partial charge is 0.0438 e. The minimum Gasteiger partial charge on any atom is -0.319 e. The van der Waals surface area contributed by atoms with Crippen molar-refractivity contribution in [2.45, 2.75) is 12.8 Å². The number of hydrogen-bond donors (Lipinski definition) is 1. The molecule has 1 N–H and O–H groups in total. The Bertz CT molecular complexity index is 556. The van der Waals surface area contributed by atoms with Crippen molar-refractivity contribution in [1.29, 1.82) is 0 Å². The van der Waals surface area contributed by atoms with Crippen molar-refractivity contribution in [2.75, 3.05) is 13.6 Å². The molecule has 0 aliphatic rings. The molecule has 0 aromatic heterocycles. The Morgan fingerprint density at radius 3 is 2.60 bits per heavy atom. The lowest BCUT2D eigenvalue weighted by Gasteiger charge is -2.17. The van der Waals surface area contributed by atoms with E-state index in [0.717, 1.165) is 28.9 Å². The van der Waals surface area contributed by atoms with Gasteiger partial charge in [0, 0.05) is 9.50 Å². The van der Waals surface area contributed by atoms with Gasteiger partial charge in [0.2, 0.25) is 0 Å². The Balaban J connectivity index is 2.09. The molecule has 0 amide bonds. The van der Waals surface area contributed by atoms with Gasteiger partial charge in [-0.3, -0.25) is 0 Å². The molecule has 0 radical (unpaired) electrons. The molecule has 0 aliphatic carbocycles. The molecule has 0 bridgehead atoms. The van der Waals surface area contributed by atoms with E-state index in [-0.39, 0.29) is 0 Å². The third kappa shape index (κ3) is 4.62. The first-order valence-electron chi connectivity index (χ1n) is 6.81. The van der Waals surface area contributed by atoms with Crippen LogP contribution in [0.1, 0.15) is 11.1 Å². The third-order valence-electron chi connectivity index (χ3n) is 3.37. The lowest BCUT2D eigenvalue weighted by atomic mass is 9.92. The Morgan fingerprint density at radius 1 is 1.10 bits per heavy atom. The first kappa shape index (κ1) is 15.6. The van der Waals surface area contributed by atoms with Crippen molar-refractivity contribution in [3.63, 3.8) is 0 Å². The summed E-state index contributed by atoms with van der Waals surface area (Å²) in [5.74, 6) is 0.536. The zero-order valence-corrected chi connectivity index (χ0v) is 13.9. The molecule has 2 aromatic carbocycles. The number of nitrogens with one attached hydrogen (secondary N) is 1. The predicted octanol–water partition coefficient (Wildman–Crippen LogP) is 4.72. The highest BCUT2D eigenvalue weighted by atomic mass is 79.9. The molecule has 2 aromatic rings. The minimum atomic E-state index is 0.536. The second-order valence-corrected chi connectivity index (χ2v) is 6.38. The van der Waals surface area contributed by atoms with Crippen molar-refractivity contribution in [2.24, 2.45) is 5.92 Å². The number of rotatable bonds is 6. The first-order valence-corrected chi connectivity index (χ1v) is 7.98. The fourth-order valence-electron chi connectivity index (χ4n) is 2.48. The van der Waals surface area contributed by atoms with Crippen LogP contribution in [-0.4, -0.2) is 13.6 Å². The molecule has 1 atom stereocenters. The Labute approximate surface area is 134 Å². The van der Waals surface area contributed by atoms with E-state index in [2.05, 4.69) is 57.6 Å². The molecule has 106 valence electrons. The summed E-state index contributed by atoms with van der Waals surface area (Å²) in [4.78, 5) is 0. The van der Waals surface area contributed by atoms with Crippen molar-refractivity contribution >= 4 is 27.5 Å². The predicted molar refractivity (Wildman–Crippen MR) is 90.4 cm³/mol. The molecular weight excluding hydrogens is 334 g/mol. The summed E-state index contributed by atoms with van der Waals surface area (Å²) in [6, 6.07) is 16.6. The molecule has 0 heterocycles. The first-order chi connectivity index (χ1) is 9.69. The van der Waals surface area contributed by atoms with E-state index < -0.39 is 0 Å². The monoisotopic (exact) mass is 351 g/mol. The van der Waals surface area contributed by atoms with Crippen molar-refractivity contribution in [3.8, 4) is 0 Å². The van der Waals surface area contributed by atoms with Gasteiger partial charge in [-0.15, -0.1) is 0 Å². The van der Waals surface area contributed by atoms with Gasteiger partial charge in [-0.1, -0.05) is 57.9 Å². The number of halogens is 2. The molecule has 1 nitrogen and oxygen atoms in total. The zero-order valence-electron chi connectivity index (χ0n) is 11.6. The molecule has 1 unspecified atom stereocenters. The van der Waals surface area contributed by atoms with Crippen LogP contribution < -0.4 is 5.32 Å². The Morgan fingerprint density at radius 2 is 1.90 bits per heavy atom. The molecule has 0 aliphatic heterocycles. The van der Waals surface area contributed by atoms with E-state index in [0.29, 0.717) is 5.92 Å². The second-order valence-electron chi connectivity index (χ2n) is 5.05. The minimum absolute atomic E-state index is 0.536. The van der Waals surface area contributed by atoms with Crippen molar-refractivity contribution in [1.82, 2.24) is 5.32 Å². The second kappa shape index (κ2) is 7.82. The van der Waals surface area contributed by atoms with Crippen LogP contribution in [0.3, 0.4) is 0 Å². The quantitative estimate of drug-likeness (QED) is 0.793. The van der Waals surface area contributed by atoms with Crippen LogP contribution in [0.4, 0.5) is 0 Å². The van der Waals surface area contributed by atoms with Gasteiger partial charge in [0.05, 0.1) is 0 Å². The van der Waals surface area contributed by atoms with Crippen molar-refractivity contribution < 1.29 is 0 Å². The van der Waals surface area contributed by atoms with Crippen LogP contribution in [-0.2, 0) is 12.8 Å². The molecule has 0 saturated heterocycles. The third-order valence-corrected chi connectivity index (χ3v) is 4.23. The van der Waals surface area contributed by atoms with Crippen LogP contribution >= 0.6 is 27.5 Å². The van der Waals surface area contributed by atoms with Gasteiger partial charge in [-0.25, -0.2) is 0 Å². The average Bonchev–Trinajstić information content (AvgIpc) is 2.42. The fourth-order valence-corrected chi connectivity index (χ4v) is 3.14. The van der Waals surface area contributed by atoms with E-state index in [4.69, 9.17) is 11.6 Å². The maximum absolute atomic E-state index is 6.27. The van der Waals surface area contributed by atoms with E-state index in [1.165, 1.54) is 11.1 Å². The van der Waals surface area contributed by atoms with Crippen LogP contribution in [0.2, 0.25) is 5.02 Å². The van der Waals surface area contributed by atoms with E-state index in [9.17, 15) is 0 Å². The number of benzene rings is 2.